The van der Waals surface area contributed by atoms with Crippen molar-refractivity contribution in [3.8, 4) is 0 Å². The highest BCUT2D eigenvalue weighted by molar-refractivity contribution is 7.91. The van der Waals surface area contributed by atoms with E-state index in [0.717, 1.165) is 6.07 Å². The first kappa shape index (κ1) is 17.1. The molecule has 20 heavy (non-hydrogen) atoms. The first-order chi connectivity index (χ1) is 8.94. The first-order valence-corrected chi connectivity index (χ1v) is 7.37. The number of benzene rings is 1. The van der Waals surface area contributed by atoms with Gasteiger partial charge in [-0.2, -0.15) is 13.2 Å². The minimum Gasteiger partial charge on any atom is -0.478 e. The van der Waals surface area contributed by atoms with Crippen molar-refractivity contribution < 1.29 is 31.5 Å². The normalized spacial score (nSPS) is 12.4. The molecule has 0 radical (unpaired) electrons. The number of rotatable bonds is 4. The van der Waals surface area contributed by atoms with E-state index in [1.165, 1.54) is 0 Å². The van der Waals surface area contributed by atoms with E-state index in [1.807, 2.05) is 0 Å². The summed E-state index contributed by atoms with van der Waals surface area (Å²) in [5, 5.41) is 8.07. The molecule has 0 aromatic heterocycles. The van der Waals surface area contributed by atoms with Gasteiger partial charge >= 0.3 is 12.1 Å². The summed E-state index contributed by atoms with van der Waals surface area (Å²) in [4.78, 5) is 10.1. The molecule has 1 aromatic rings. The van der Waals surface area contributed by atoms with Crippen molar-refractivity contribution in [1.29, 1.82) is 0 Å². The highest BCUT2D eigenvalue weighted by atomic mass is 35.5. The maximum atomic E-state index is 12.1. The topological polar surface area (TPSA) is 71.4 Å². The lowest BCUT2D eigenvalue weighted by Crippen LogP contribution is -2.17. The molecule has 0 aliphatic heterocycles. The van der Waals surface area contributed by atoms with E-state index in [0.29, 0.717) is 6.07 Å². The third-order valence-corrected chi connectivity index (χ3v) is 4.73. The monoisotopic (exact) mass is 350 g/mol. The number of halogens is 5. The maximum Gasteiger partial charge on any atom is 0.390 e. The number of carboxylic acid groups (broad SMARTS) is 1. The zero-order valence-electron chi connectivity index (χ0n) is 9.54. The third-order valence-electron chi connectivity index (χ3n) is 2.24. The number of carbonyl (C=O) groups is 1. The second kappa shape index (κ2) is 5.79. The highest BCUT2D eigenvalue weighted by Crippen LogP contribution is 2.31. The molecule has 0 spiro atoms. The van der Waals surface area contributed by atoms with Gasteiger partial charge in [-0.1, -0.05) is 23.2 Å². The van der Waals surface area contributed by atoms with Crippen LogP contribution in [0.5, 0.6) is 0 Å². The van der Waals surface area contributed by atoms with E-state index in [4.69, 9.17) is 28.3 Å². The van der Waals surface area contributed by atoms with Crippen molar-refractivity contribution in [2.75, 3.05) is 5.75 Å². The van der Waals surface area contributed by atoms with Gasteiger partial charge in [0.15, 0.2) is 9.84 Å². The van der Waals surface area contributed by atoms with E-state index < -0.39 is 49.6 Å². The van der Waals surface area contributed by atoms with Gasteiger partial charge in [-0.15, -0.1) is 0 Å². The molecular weight excluding hydrogens is 344 g/mol. The van der Waals surface area contributed by atoms with Crippen molar-refractivity contribution in [2.24, 2.45) is 0 Å². The average Bonchev–Trinajstić information content (AvgIpc) is 2.24. The van der Waals surface area contributed by atoms with Crippen LogP contribution in [0.3, 0.4) is 0 Å². The minimum absolute atomic E-state index is 0.308. The number of aromatic carboxylic acids is 1. The lowest BCUT2D eigenvalue weighted by atomic mass is 10.2. The van der Waals surface area contributed by atoms with Crippen molar-refractivity contribution in [3.05, 3.63) is 27.7 Å². The van der Waals surface area contributed by atoms with Crippen LogP contribution in [-0.4, -0.2) is 31.4 Å². The Morgan fingerprint density at radius 3 is 2.20 bits per heavy atom. The average molecular weight is 351 g/mol. The summed E-state index contributed by atoms with van der Waals surface area (Å²) in [5.74, 6) is -2.74. The number of sulfone groups is 1. The number of hydrogen-bond donors (Lipinski definition) is 1. The fraction of sp³-hybridized carbons (Fsp3) is 0.300. The molecule has 0 bridgehead atoms. The Labute approximate surface area is 122 Å². The van der Waals surface area contributed by atoms with E-state index >= 15 is 0 Å². The summed E-state index contributed by atoms with van der Waals surface area (Å²) in [6, 6.07) is 1.52. The van der Waals surface area contributed by atoms with Crippen LogP contribution in [0, 0.1) is 0 Å². The molecule has 0 heterocycles. The lowest BCUT2D eigenvalue weighted by Gasteiger charge is -2.10. The van der Waals surface area contributed by atoms with E-state index in [9.17, 15) is 26.4 Å². The number of hydrogen-bond acceptors (Lipinski definition) is 3. The largest absolute Gasteiger partial charge is 0.478 e. The zero-order chi connectivity index (χ0) is 15.7. The van der Waals surface area contributed by atoms with Gasteiger partial charge in [0.2, 0.25) is 0 Å². The van der Waals surface area contributed by atoms with Crippen LogP contribution < -0.4 is 0 Å². The maximum absolute atomic E-state index is 12.1. The van der Waals surface area contributed by atoms with Crippen molar-refractivity contribution in [1.82, 2.24) is 0 Å². The molecule has 10 heteroatoms. The van der Waals surface area contributed by atoms with E-state index in [2.05, 4.69) is 0 Å². The Morgan fingerprint density at radius 2 is 1.75 bits per heavy atom. The fourth-order valence-corrected chi connectivity index (χ4v) is 3.48. The van der Waals surface area contributed by atoms with Gasteiger partial charge in [-0.25, -0.2) is 13.2 Å². The molecular formula is C10H7Cl2F3O4S. The Balaban J connectivity index is 3.25. The van der Waals surface area contributed by atoms with Crippen LogP contribution >= 0.6 is 23.2 Å². The molecule has 112 valence electrons. The first-order valence-electron chi connectivity index (χ1n) is 4.96. The fourth-order valence-electron chi connectivity index (χ4n) is 1.29. The molecule has 0 aliphatic carbocycles. The molecule has 0 unspecified atom stereocenters. The number of carboxylic acids is 1. The van der Waals surface area contributed by atoms with Gasteiger partial charge in [-0.3, -0.25) is 0 Å². The second-order valence-electron chi connectivity index (χ2n) is 3.75. The SMILES string of the molecule is O=C(O)c1cc(S(=O)(=O)CCC(F)(F)F)c(Cl)cc1Cl. The lowest BCUT2D eigenvalue weighted by molar-refractivity contribution is -0.129. The summed E-state index contributed by atoms with van der Waals surface area (Å²) < 4.78 is 59.7. The summed E-state index contributed by atoms with van der Waals surface area (Å²) in [6.45, 7) is 0. The quantitative estimate of drug-likeness (QED) is 0.902. The smallest absolute Gasteiger partial charge is 0.390 e. The molecule has 1 aromatic carbocycles. The number of alkyl halides is 3. The van der Waals surface area contributed by atoms with Crippen molar-refractivity contribution in [3.63, 3.8) is 0 Å². The van der Waals surface area contributed by atoms with Crippen molar-refractivity contribution >= 4 is 39.0 Å². The predicted octanol–water partition coefficient (Wildman–Crippen LogP) is 3.42. The van der Waals surface area contributed by atoms with E-state index in [-0.39, 0.29) is 5.02 Å². The van der Waals surface area contributed by atoms with Gasteiger partial charge in [-0.05, 0) is 12.1 Å². The van der Waals surface area contributed by atoms with Gasteiger partial charge in [0.25, 0.3) is 0 Å². The zero-order valence-corrected chi connectivity index (χ0v) is 11.9. The molecule has 0 saturated carbocycles. The third kappa shape index (κ3) is 4.26. The highest BCUT2D eigenvalue weighted by Gasteiger charge is 2.31. The molecule has 0 saturated heterocycles. The van der Waals surface area contributed by atoms with Gasteiger partial charge < -0.3 is 5.11 Å². The Hall–Kier alpha value is -0.990. The van der Waals surface area contributed by atoms with Crippen LogP contribution in [0.4, 0.5) is 13.2 Å². The standard InChI is InChI=1S/C10H7Cl2F3O4S/c11-6-4-7(12)8(3-5(6)9(16)17)20(18,19)2-1-10(13,14)15/h3-4H,1-2H2,(H,16,17). The van der Waals surface area contributed by atoms with Gasteiger partial charge in [0, 0.05) is 0 Å². The molecule has 0 amide bonds. The van der Waals surface area contributed by atoms with E-state index in [1.54, 1.807) is 0 Å². The minimum atomic E-state index is -4.65. The van der Waals surface area contributed by atoms with Crippen LogP contribution in [0.25, 0.3) is 0 Å². The van der Waals surface area contributed by atoms with Crippen LogP contribution in [0.2, 0.25) is 10.0 Å². The molecule has 0 fully saturated rings. The summed E-state index contributed by atoms with van der Waals surface area (Å²) in [5.41, 5.74) is -0.554. The van der Waals surface area contributed by atoms with Crippen molar-refractivity contribution in [2.45, 2.75) is 17.5 Å². The Morgan fingerprint density at radius 1 is 1.20 bits per heavy atom. The molecule has 1 N–H and O–H groups in total. The molecule has 0 aliphatic rings. The van der Waals surface area contributed by atoms with Crippen LogP contribution in [-0.2, 0) is 9.84 Å². The van der Waals surface area contributed by atoms with Crippen LogP contribution in [0.15, 0.2) is 17.0 Å². The van der Waals surface area contributed by atoms with Gasteiger partial charge in [0.05, 0.1) is 32.7 Å². The summed E-state index contributed by atoms with van der Waals surface area (Å²) in [6.07, 6.45) is -6.21. The molecule has 1 rings (SSSR count). The Bertz CT molecular complexity index is 641. The van der Waals surface area contributed by atoms with Gasteiger partial charge in [0.1, 0.15) is 0 Å². The summed E-state index contributed by atoms with van der Waals surface area (Å²) in [7, 11) is -4.37. The molecule has 0 atom stereocenters. The Kier molecular flexibility index (Phi) is 4.94. The summed E-state index contributed by atoms with van der Waals surface area (Å²) >= 11 is 11.2. The molecule has 4 nitrogen and oxygen atoms in total. The van der Waals surface area contributed by atoms with Crippen LogP contribution in [0.1, 0.15) is 16.8 Å². The predicted molar refractivity (Wildman–Crippen MR) is 66.1 cm³/mol. The second-order valence-corrected chi connectivity index (χ2v) is 6.64.